The predicted octanol–water partition coefficient (Wildman–Crippen LogP) is 0.376. The molecule has 0 bridgehead atoms. The molecule has 0 aromatic carbocycles. The third-order valence-electron chi connectivity index (χ3n) is 0.312. The Balaban J connectivity index is 2.34. The van der Waals surface area contributed by atoms with Crippen LogP contribution in [0.1, 0.15) is 6.92 Å². The van der Waals surface area contributed by atoms with E-state index in [0.717, 1.165) is 6.54 Å². The van der Waals surface area contributed by atoms with Crippen LogP contribution in [0, 0.1) is 6.92 Å². The van der Waals surface area contributed by atoms with Gasteiger partial charge in [0.2, 0.25) is 0 Å². The van der Waals surface area contributed by atoms with E-state index >= 15 is 0 Å². The summed E-state index contributed by atoms with van der Waals surface area (Å²) in [6.07, 6.45) is 0. The van der Waals surface area contributed by atoms with Crippen LogP contribution in [0.3, 0.4) is 0 Å². The molecule has 2 heteroatoms. The minimum Gasteiger partial charge on any atom is -0.282 e. The van der Waals surface area contributed by atoms with Crippen LogP contribution in [0.25, 0.3) is 0 Å². The van der Waals surface area contributed by atoms with E-state index in [4.69, 9.17) is 0 Å². The summed E-state index contributed by atoms with van der Waals surface area (Å²) in [5.41, 5.74) is 3.53. The van der Waals surface area contributed by atoms with Crippen LogP contribution >= 0.6 is 0 Å². The van der Waals surface area contributed by atoms with Gasteiger partial charge in [-0.3, -0.25) is 4.84 Å². The molecule has 2 nitrogen and oxygen atoms in total. The summed E-state index contributed by atoms with van der Waals surface area (Å²) in [4.78, 5) is 4.50. The van der Waals surface area contributed by atoms with Crippen molar-refractivity contribution in [3.63, 3.8) is 0 Å². The largest absolute Gasteiger partial charge is 0.282 e. The predicted molar refractivity (Wildman–Crippen MR) is 24.0 cm³/mol. The lowest BCUT2D eigenvalue weighted by Crippen LogP contribution is -2.03. The van der Waals surface area contributed by atoms with Gasteiger partial charge in [0.25, 0.3) is 0 Å². The van der Waals surface area contributed by atoms with E-state index in [2.05, 4.69) is 17.2 Å². The SMILES string of the molecule is [CH2]CO[N]CC. The Morgan fingerprint density at radius 1 is 1.83 bits per heavy atom. The lowest BCUT2D eigenvalue weighted by molar-refractivity contribution is 0.0566. The van der Waals surface area contributed by atoms with Gasteiger partial charge in [0, 0.05) is 6.54 Å². The molecule has 0 aliphatic rings. The smallest absolute Gasteiger partial charge is 0.0703 e. The first kappa shape index (κ1) is 5.92. The van der Waals surface area contributed by atoms with E-state index in [1.807, 2.05) is 6.92 Å². The van der Waals surface area contributed by atoms with E-state index in [9.17, 15) is 0 Å². The van der Waals surface area contributed by atoms with Crippen LogP contribution < -0.4 is 5.48 Å². The summed E-state index contributed by atoms with van der Waals surface area (Å²) in [7, 11) is 0. The van der Waals surface area contributed by atoms with Gasteiger partial charge in [0.15, 0.2) is 0 Å². The van der Waals surface area contributed by atoms with Crippen molar-refractivity contribution in [2.24, 2.45) is 0 Å². The highest BCUT2D eigenvalue weighted by molar-refractivity contribution is 4.23. The summed E-state index contributed by atoms with van der Waals surface area (Å²) < 4.78 is 0. The molecule has 0 atom stereocenters. The van der Waals surface area contributed by atoms with Crippen LogP contribution in [0.5, 0.6) is 0 Å². The van der Waals surface area contributed by atoms with E-state index in [-0.39, 0.29) is 0 Å². The fourth-order valence-electron chi connectivity index (χ4n) is 0.156. The van der Waals surface area contributed by atoms with Gasteiger partial charge < -0.3 is 0 Å². The zero-order valence-corrected chi connectivity index (χ0v) is 3.98. The van der Waals surface area contributed by atoms with Crippen molar-refractivity contribution in [2.75, 3.05) is 13.2 Å². The Kier molecular flexibility index (Phi) is 4.85. The van der Waals surface area contributed by atoms with E-state index < -0.39 is 0 Å². The van der Waals surface area contributed by atoms with Crippen molar-refractivity contribution in [1.29, 1.82) is 0 Å². The quantitative estimate of drug-likeness (QED) is 0.360. The number of hydrogen-bond acceptors (Lipinski definition) is 1. The van der Waals surface area contributed by atoms with Gasteiger partial charge in [-0.2, -0.15) is 0 Å². The fraction of sp³-hybridized carbons (Fsp3) is 0.750. The molecule has 0 aromatic rings. The minimum atomic E-state index is 0.438. The molecular formula is C4H9NO. The molecule has 6 heavy (non-hydrogen) atoms. The lowest BCUT2D eigenvalue weighted by atomic mass is 10.8. The number of hydrogen-bond donors (Lipinski definition) is 0. The Hall–Kier alpha value is -0.0800. The first-order valence-corrected chi connectivity index (χ1v) is 1.99. The Labute approximate surface area is 38.5 Å². The zero-order valence-electron chi connectivity index (χ0n) is 3.98. The first-order valence-electron chi connectivity index (χ1n) is 1.99. The van der Waals surface area contributed by atoms with E-state index in [0.29, 0.717) is 6.61 Å². The molecule has 36 valence electrons. The Bertz CT molecular complexity index is 19.5. The van der Waals surface area contributed by atoms with Crippen molar-refractivity contribution in [1.82, 2.24) is 5.48 Å². The molecule has 0 unspecified atom stereocenters. The van der Waals surface area contributed by atoms with Crippen molar-refractivity contribution >= 4 is 0 Å². The van der Waals surface area contributed by atoms with Gasteiger partial charge in [-0.25, -0.2) is 0 Å². The average Bonchev–Trinajstić information content (AvgIpc) is 1.61. The second-order valence-corrected chi connectivity index (χ2v) is 0.779. The highest BCUT2D eigenvalue weighted by atomic mass is 16.6. The molecule has 0 rings (SSSR count). The zero-order chi connectivity index (χ0) is 4.83. The molecule has 0 fully saturated rings. The molecule has 0 spiro atoms. The summed E-state index contributed by atoms with van der Waals surface area (Å²) in [6.45, 7) is 6.48. The summed E-state index contributed by atoms with van der Waals surface area (Å²) in [6, 6.07) is 0. The van der Waals surface area contributed by atoms with Gasteiger partial charge in [0.1, 0.15) is 0 Å². The van der Waals surface area contributed by atoms with Gasteiger partial charge in [-0.1, -0.05) is 5.48 Å². The highest BCUT2D eigenvalue weighted by Crippen LogP contribution is 1.62. The molecule has 0 aliphatic carbocycles. The van der Waals surface area contributed by atoms with Gasteiger partial charge in [0.05, 0.1) is 6.61 Å². The van der Waals surface area contributed by atoms with Crippen molar-refractivity contribution in [2.45, 2.75) is 6.92 Å². The number of hydroxylamine groups is 1. The standard InChI is InChI=1S/C4H9NO/c1-3-5-6-4-2/h2-4H2,1H3. The van der Waals surface area contributed by atoms with Crippen LogP contribution in [-0.4, -0.2) is 13.2 Å². The highest BCUT2D eigenvalue weighted by Gasteiger charge is 1.73. The monoisotopic (exact) mass is 87.1 g/mol. The number of rotatable bonds is 3. The van der Waals surface area contributed by atoms with Crippen LogP contribution in [-0.2, 0) is 4.84 Å². The maximum Gasteiger partial charge on any atom is 0.0703 e. The molecule has 0 amide bonds. The molecule has 0 N–H and O–H groups in total. The summed E-state index contributed by atoms with van der Waals surface area (Å²) in [5, 5.41) is 0. The van der Waals surface area contributed by atoms with Crippen LogP contribution in [0.15, 0.2) is 0 Å². The molecule has 0 heterocycles. The second-order valence-electron chi connectivity index (χ2n) is 0.779. The van der Waals surface area contributed by atoms with E-state index in [1.54, 1.807) is 0 Å². The molecule has 0 aliphatic heterocycles. The third-order valence-corrected chi connectivity index (χ3v) is 0.312. The maximum absolute atomic E-state index is 4.50. The minimum absolute atomic E-state index is 0.438. The Morgan fingerprint density at radius 3 is 2.67 bits per heavy atom. The van der Waals surface area contributed by atoms with Gasteiger partial charge >= 0.3 is 0 Å². The summed E-state index contributed by atoms with van der Waals surface area (Å²) >= 11 is 0. The van der Waals surface area contributed by atoms with Crippen LogP contribution in [0.4, 0.5) is 0 Å². The van der Waals surface area contributed by atoms with Gasteiger partial charge in [-0.05, 0) is 13.8 Å². The van der Waals surface area contributed by atoms with Gasteiger partial charge in [-0.15, -0.1) is 0 Å². The lowest BCUT2D eigenvalue weighted by Gasteiger charge is -1.90. The first-order chi connectivity index (χ1) is 2.91. The normalized spacial score (nSPS) is 9.00. The molecule has 0 saturated carbocycles. The van der Waals surface area contributed by atoms with Crippen LogP contribution in [0.2, 0.25) is 0 Å². The Morgan fingerprint density at radius 2 is 2.50 bits per heavy atom. The molecule has 0 aromatic heterocycles. The molecule has 2 radical (unpaired) electrons. The topological polar surface area (TPSA) is 23.3 Å². The fourth-order valence-corrected chi connectivity index (χ4v) is 0.156. The van der Waals surface area contributed by atoms with Crippen molar-refractivity contribution in [3.8, 4) is 0 Å². The third kappa shape index (κ3) is 3.92. The van der Waals surface area contributed by atoms with E-state index in [1.165, 1.54) is 0 Å². The van der Waals surface area contributed by atoms with Crippen molar-refractivity contribution in [3.05, 3.63) is 6.92 Å². The average molecular weight is 87.1 g/mol. The molecule has 0 saturated heterocycles. The summed E-state index contributed by atoms with van der Waals surface area (Å²) in [5.74, 6) is 0. The number of nitrogens with zero attached hydrogens (tertiary/aromatic N) is 1. The van der Waals surface area contributed by atoms with Crippen molar-refractivity contribution < 1.29 is 4.84 Å². The maximum atomic E-state index is 4.50. The molecular weight excluding hydrogens is 78.0 g/mol. The second kappa shape index (κ2) is 4.92.